The van der Waals surface area contributed by atoms with Crippen LogP contribution in [0.15, 0.2) is 29.0 Å². The fraction of sp³-hybridized carbons (Fsp3) is 0.476. The van der Waals surface area contributed by atoms with Gasteiger partial charge >= 0.3 is 0 Å². The Morgan fingerprint density at radius 1 is 1.24 bits per heavy atom. The van der Waals surface area contributed by atoms with Crippen molar-refractivity contribution in [1.82, 2.24) is 9.88 Å². The van der Waals surface area contributed by atoms with Crippen molar-refractivity contribution >= 4 is 17.5 Å². The predicted octanol–water partition coefficient (Wildman–Crippen LogP) is 3.27. The molecule has 8 nitrogen and oxygen atoms in total. The maximum atomic E-state index is 12.6. The Balaban J connectivity index is 1.52. The molecule has 1 atom stereocenters. The number of benzene rings is 1. The molecule has 0 bridgehead atoms. The highest BCUT2D eigenvalue weighted by atomic mass is 16.5. The third-order valence-electron chi connectivity index (χ3n) is 5.17. The maximum absolute atomic E-state index is 12.6. The normalized spacial score (nSPS) is 16.4. The van der Waals surface area contributed by atoms with E-state index in [-0.39, 0.29) is 17.7 Å². The summed E-state index contributed by atoms with van der Waals surface area (Å²) >= 11 is 0. The highest BCUT2D eigenvalue weighted by molar-refractivity contribution is 5.93. The van der Waals surface area contributed by atoms with Crippen LogP contribution in [0.1, 0.15) is 41.9 Å². The molecular weight excluding hydrogens is 374 g/mol. The number of rotatable bonds is 7. The van der Waals surface area contributed by atoms with Gasteiger partial charge in [-0.2, -0.15) is 0 Å². The summed E-state index contributed by atoms with van der Waals surface area (Å²) in [6.07, 6.45) is 4.31. The fourth-order valence-electron chi connectivity index (χ4n) is 3.58. The largest absolute Gasteiger partial charge is 0.497 e. The van der Waals surface area contributed by atoms with Crippen molar-refractivity contribution in [3.8, 4) is 11.5 Å². The number of ether oxygens (including phenoxy) is 2. The summed E-state index contributed by atoms with van der Waals surface area (Å²) in [6, 6.07) is 5.25. The molecule has 1 aliphatic heterocycles. The minimum absolute atomic E-state index is 0.0731. The van der Waals surface area contributed by atoms with Crippen LogP contribution in [0, 0.1) is 12.8 Å². The van der Waals surface area contributed by atoms with Gasteiger partial charge in [-0.1, -0.05) is 0 Å². The van der Waals surface area contributed by atoms with E-state index in [0.29, 0.717) is 54.6 Å². The van der Waals surface area contributed by atoms with E-state index >= 15 is 0 Å². The lowest BCUT2D eigenvalue weighted by Gasteiger charge is -2.32. The standard InChI is InChI=1S/C21H27N3O5/c1-14-20(22-13-29-14)21(26)24-8-4-5-15(12-24)6-7-19(25)23-16-9-17(27-2)11-18(10-16)28-3/h9-11,13,15H,4-8,12H2,1-3H3,(H,23,25). The average molecular weight is 401 g/mol. The first kappa shape index (κ1) is 20.7. The van der Waals surface area contributed by atoms with Crippen molar-refractivity contribution in [3.63, 3.8) is 0 Å². The lowest BCUT2D eigenvalue weighted by Crippen LogP contribution is -2.40. The number of carbonyl (C=O) groups excluding carboxylic acids is 2. The number of hydrogen-bond donors (Lipinski definition) is 1. The number of aryl methyl sites for hydroxylation is 1. The molecule has 1 N–H and O–H groups in total. The molecule has 1 fully saturated rings. The molecule has 2 amide bonds. The number of piperidine rings is 1. The van der Waals surface area contributed by atoms with E-state index in [1.165, 1.54) is 6.39 Å². The van der Waals surface area contributed by atoms with Crippen molar-refractivity contribution in [3.05, 3.63) is 36.0 Å². The molecule has 0 spiro atoms. The highest BCUT2D eigenvalue weighted by Crippen LogP contribution is 2.27. The highest BCUT2D eigenvalue weighted by Gasteiger charge is 2.27. The van der Waals surface area contributed by atoms with Gasteiger partial charge in [-0.05, 0) is 32.1 Å². The second kappa shape index (κ2) is 9.45. The first-order chi connectivity index (χ1) is 14.0. The van der Waals surface area contributed by atoms with Crippen LogP contribution >= 0.6 is 0 Å². The van der Waals surface area contributed by atoms with Crippen LogP contribution in [0.3, 0.4) is 0 Å². The van der Waals surface area contributed by atoms with Crippen LogP contribution in [0.4, 0.5) is 5.69 Å². The van der Waals surface area contributed by atoms with Crippen molar-refractivity contribution in [2.45, 2.75) is 32.6 Å². The van der Waals surface area contributed by atoms with Gasteiger partial charge in [0.2, 0.25) is 5.91 Å². The summed E-state index contributed by atoms with van der Waals surface area (Å²) in [5.74, 6) is 1.87. The molecule has 1 saturated heterocycles. The van der Waals surface area contributed by atoms with Gasteiger partial charge in [0.05, 0.1) is 14.2 Å². The smallest absolute Gasteiger partial charge is 0.276 e. The Kier molecular flexibility index (Phi) is 6.74. The van der Waals surface area contributed by atoms with Gasteiger partial charge in [0.15, 0.2) is 12.1 Å². The topological polar surface area (TPSA) is 93.9 Å². The number of nitrogens with one attached hydrogen (secondary N) is 1. The zero-order valence-corrected chi connectivity index (χ0v) is 17.1. The van der Waals surface area contributed by atoms with E-state index in [0.717, 1.165) is 12.8 Å². The van der Waals surface area contributed by atoms with E-state index in [9.17, 15) is 9.59 Å². The van der Waals surface area contributed by atoms with Crippen LogP contribution in [0.25, 0.3) is 0 Å². The molecule has 0 saturated carbocycles. The molecule has 0 aliphatic carbocycles. The van der Waals surface area contributed by atoms with Crippen LogP contribution in [0.2, 0.25) is 0 Å². The first-order valence-corrected chi connectivity index (χ1v) is 9.72. The minimum Gasteiger partial charge on any atom is -0.497 e. The SMILES string of the molecule is COc1cc(NC(=O)CCC2CCCN(C(=O)c3ncoc3C)C2)cc(OC)c1. The number of nitrogens with zero attached hydrogens (tertiary/aromatic N) is 2. The lowest BCUT2D eigenvalue weighted by atomic mass is 9.93. The Labute approximate surface area is 170 Å². The summed E-state index contributed by atoms with van der Waals surface area (Å²) in [7, 11) is 3.13. The third-order valence-corrected chi connectivity index (χ3v) is 5.17. The van der Waals surface area contributed by atoms with Gasteiger partial charge < -0.3 is 24.1 Å². The summed E-state index contributed by atoms with van der Waals surface area (Å²) < 4.78 is 15.6. The van der Waals surface area contributed by atoms with Gasteiger partial charge in [-0.25, -0.2) is 4.98 Å². The lowest BCUT2D eigenvalue weighted by molar-refractivity contribution is -0.116. The van der Waals surface area contributed by atoms with Gasteiger partial charge in [0.1, 0.15) is 17.3 Å². The van der Waals surface area contributed by atoms with E-state index in [2.05, 4.69) is 10.3 Å². The number of aromatic nitrogens is 1. The summed E-state index contributed by atoms with van der Waals surface area (Å²) in [4.78, 5) is 30.9. The number of oxazole rings is 1. The maximum Gasteiger partial charge on any atom is 0.276 e. The Morgan fingerprint density at radius 3 is 2.59 bits per heavy atom. The minimum atomic E-state index is -0.103. The molecule has 156 valence electrons. The van der Waals surface area contributed by atoms with Crippen LogP contribution in [-0.4, -0.2) is 49.0 Å². The average Bonchev–Trinajstić information content (AvgIpc) is 3.17. The Hall–Kier alpha value is -3.03. The Morgan fingerprint density at radius 2 is 1.97 bits per heavy atom. The number of anilines is 1. The van der Waals surface area contributed by atoms with Crippen molar-refractivity contribution in [2.24, 2.45) is 5.92 Å². The molecule has 2 aromatic rings. The van der Waals surface area contributed by atoms with Crippen molar-refractivity contribution in [2.75, 3.05) is 32.6 Å². The van der Waals surface area contributed by atoms with Crippen LogP contribution < -0.4 is 14.8 Å². The number of likely N-dealkylation sites (tertiary alicyclic amines) is 1. The Bertz CT molecular complexity index is 842. The molecule has 2 heterocycles. The molecule has 8 heteroatoms. The van der Waals surface area contributed by atoms with E-state index < -0.39 is 0 Å². The molecule has 3 rings (SSSR count). The molecule has 1 aromatic heterocycles. The fourth-order valence-corrected chi connectivity index (χ4v) is 3.58. The summed E-state index contributed by atoms with van der Waals surface area (Å²) in [6.45, 7) is 3.07. The van der Waals surface area contributed by atoms with E-state index in [1.54, 1.807) is 39.3 Å². The molecule has 1 aromatic carbocycles. The van der Waals surface area contributed by atoms with Gasteiger partial charge in [-0.15, -0.1) is 0 Å². The van der Waals surface area contributed by atoms with Crippen molar-refractivity contribution < 1.29 is 23.5 Å². The second-order valence-corrected chi connectivity index (χ2v) is 7.20. The van der Waals surface area contributed by atoms with Gasteiger partial charge in [-0.3, -0.25) is 9.59 Å². The molecule has 1 unspecified atom stereocenters. The molecule has 1 aliphatic rings. The van der Waals surface area contributed by atoms with E-state index in [1.807, 2.05) is 4.90 Å². The van der Waals surface area contributed by atoms with Crippen LogP contribution in [-0.2, 0) is 4.79 Å². The van der Waals surface area contributed by atoms with Gasteiger partial charge in [0, 0.05) is 43.4 Å². The summed E-state index contributed by atoms with van der Waals surface area (Å²) in [5.41, 5.74) is 1.00. The van der Waals surface area contributed by atoms with Crippen molar-refractivity contribution in [1.29, 1.82) is 0 Å². The number of methoxy groups -OCH3 is 2. The second-order valence-electron chi connectivity index (χ2n) is 7.20. The molecule has 29 heavy (non-hydrogen) atoms. The first-order valence-electron chi connectivity index (χ1n) is 9.72. The predicted molar refractivity (Wildman–Crippen MR) is 107 cm³/mol. The third kappa shape index (κ3) is 5.28. The number of carbonyl (C=O) groups is 2. The zero-order chi connectivity index (χ0) is 20.8. The zero-order valence-electron chi connectivity index (χ0n) is 17.1. The molecule has 0 radical (unpaired) electrons. The number of amides is 2. The quantitative estimate of drug-likeness (QED) is 0.765. The van der Waals surface area contributed by atoms with E-state index in [4.69, 9.17) is 13.9 Å². The monoisotopic (exact) mass is 401 g/mol. The summed E-state index contributed by atoms with van der Waals surface area (Å²) in [5, 5.41) is 2.89. The number of hydrogen-bond acceptors (Lipinski definition) is 6. The van der Waals surface area contributed by atoms with Gasteiger partial charge in [0.25, 0.3) is 5.91 Å². The molecular formula is C21H27N3O5. The van der Waals surface area contributed by atoms with Crippen LogP contribution in [0.5, 0.6) is 11.5 Å².